The average molecular weight is 372 g/mol. The van der Waals surface area contributed by atoms with Gasteiger partial charge in [-0.1, -0.05) is 30.8 Å². The number of carbonyl (C=O) groups is 2. The molecule has 0 unspecified atom stereocenters. The number of pyridine rings is 1. The lowest BCUT2D eigenvalue weighted by atomic mass is 10.1. The van der Waals surface area contributed by atoms with Crippen molar-refractivity contribution in [2.45, 2.75) is 31.4 Å². The number of imide groups is 1. The predicted octanol–water partition coefficient (Wildman–Crippen LogP) is 2.40. The molecule has 1 fully saturated rings. The number of thioether (sulfide) groups is 1. The van der Waals surface area contributed by atoms with E-state index in [-0.39, 0.29) is 16.4 Å². The van der Waals surface area contributed by atoms with E-state index >= 15 is 0 Å². The average Bonchev–Trinajstić information content (AvgIpc) is 2.95. The lowest BCUT2D eigenvalue weighted by molar-refractivity contribution is -0.614. The zero-order chi connectivity index (χ0) is 18.5. The molecule has 1 saturated heterocycles. The molecule has 2 aromatic rings. The Morgan fingerprint density at radius 2 is 1.88 bits per heavy atom. The van der Waals surface area contributed by atoms with Crippen molar-refractivity contribution in [2.24, 2.45) is 0 Å². The van der Waals surface area contributed by atoms with Gasteiger partial charge in [-0.3, -0.25) is 14.9 Å². The SMILES string of the molecule is CCc1ccc(CCOc2ccc(C[C@H]3SC(=O)NC3=O)cc2)[n+]([O-])c1. The number of carbonyl (C=O) groups excluding carboxylic acids is 2. The molecule has 136 valence electrons. The first-order valence-corrected chi connectivity index (χ1v) is 9.37. The number of hydrogen-bond acceptors (Lipinski definition) is 5. The Balaban J connectivity index is 1.50. The van der Waals surface area contributed by atoms with Gasteiger partial charge in [0.25, 0.3) is 5.24 Å². The molecule has 1 aliphatic heterocycles. The highest BCUT2D eigenvalue weighted by Crippen LogP contribution is 2.23. The van der Waals surface area contributed by atoms with E-state index in [9.17, 15) is 14.8 Å². The third kappa shape index (κ3) is 4.54. The van der Waals surface area contributed by atoms with Gasteiger partial charge in [0, 0.05) is 11.6 Å². The zero-order valence-corrected chi connectivity index (χ0v) is 15.3. The Kier molecular flexibility index (Phi) is 5.78. The Labute approximate surface area is 156 Å². The molecule has 2 heterocycles. The van der Waals surface area contributed by atoms with Crippen LogP contribution in [0.15, 0.2) is 42.6 Å². The van der Waals surface area contributed by atoms with Crippen LogP contribution < -0.4 is 14.8 Å². The minimum Gasteiger partial charge on any atom is -0.618 e. The summed E-state index contributed by atoms with van der Waals surface area (Å²) in [5.74, 6) is 0.469. The molecular weight excluding hydrogens is 352 g/mol. The van der Waals surface area contributed by atoms with Gasteiger partial charge < -0.3 is 9.94 Å². The number of benzene rings is 1. The van der Waals surface area contributed by atoms with Crippen LogP contribution >= 0.6 is 11.8 Å². The van der Waals surface area contributed by atoms with Crippen LogP contribution in [-0.4, -0.2) is 23.0 Å². The normalized spacial score (nSPS) is 16.6. The van der Waals surface area contributed by atoms with Crippen molar-refractivity contribution in [1.29, 1.82) is 0 Å². The summed E-state index contributed by atoms with van der Waals surface area (Å²) in [5, 5.41) is 13.5. The van der Waals surface area contributed by atoms with Gasteiger partial charge in [-0.15, -0.1) is 0 Å². The largest absolute Gasteiger partial charge is 0.618 e. The summed E-state index contributed by atoms with van der Waals surface area (Å²) in [5.41, 5.74) is 2.65. The number of aromatic nitrogens is 1. The van der Waals surface area contributed by atoms with Crippen molar-refractivity contribution in [3.8, 4) is 5.75 Å². The molecule has 6 nitrogen and oxygen atoms in total. The predicted molar refractivity (Wildman–Crippen MR) is 99.0 cm³/mol. The van der Waals surface area contributed by atoms with Crippen LogP contribution in [0.25, 0.3) is 0 Å². The standard InChI is InChI=1S/C19H20N2O4S/c1-2-13-3-6-15(21(24)12-13)9-10-25-16-7-4-14(5-8-16)11-17-18(22)20-19(23)26-17/h3-8,12,17H,2,9-11H2,1H3,(H,20,22,23)/t17-/m1/s1. The van der Waals surface area contributed by atoms with Gasteiger partial charge in [0.1, 0.15) is 5.75 Å². The molecule has 2 amide bonds. The highest BCUT2D eigenvalue weighted by molar-refractivity contribution is 8.15. The maximum atomic E-state index is 11.9. The number of ether oxygens (including phenoxy) is 1. The van der Waals surface area contributed by atoms with Crippen LogP contribution in [0, 0.1) is 5.21 Å². The third-order valence-corrected chi connectivity index (χ3v) is 5.18. The van der Waals surface area contributed by atoms with E-state index in [1.54, 1.807) is 6.20 Å². The number of amides is 2. The first kappa shape index (κ1) is 18.3. The minimum atomic E-state index is -0.368. The lowest BCUT2D eigenvalue weighted by Gasteiger charge is -2.09. The van der Waals surface area contributed by atoms with E-state index in [1.807, 2.05) is 43.3 Å². The molecule has 1 aliphatic rings. The molecule has 1 aromatic heterocycles. The molecular formula is C19H20N2O4S. The van der Waals surface area contributed by atoms with E-state index in [2.05, 4.69) is 5.32 Å². The Morgan fingerprint density at radius 3 is 2.50 bits per heavy atom. The van der Waals surface area contributed by atoms with E-state index in [0.29, 0.717) is 30.9 Å². The molecule has 26 heavy (non-hydrogen) atoms. The zero-order valence-electron chi connectivity index (χ0n) is 14.4. The monoisotopic (exact) mass is 372 g/mol. The fourth-order valence-corrected chi connectivity index (χ4v) is 3.55. The van der Waals surface area contributed by atoms with Gasteiger partial charge in [-0.25, -0.2) is 0 Å². The van der Waals surface area contributed by atoms with Gasteiger partial charge in [0.2, 0.25) is 5.91 Å². The number of hydrogen-bond donors (Lipinski definition) is 1. The second-order valence-electron chi connectivity index (χ2n) is 6.04. The molecule has 1 aromatic carbocycles. The minimum absolute atomic E-state index is 0.236. The van der Waals surface area contributed by atoms with E-state index in [0.717, 1.165) is 34.0 Å². The van der Waals surface area contributed by atoms with Gasteiger partial charge >= 0.3 is 0 Å². The number of nitrogens with one attached hydrogen (secondary N) is 1. The maximum Gasteiger partial charge on any atom is 0.286 e. The Hall–Kier alpha value is -2.54. The first-order valence-electron chi connectivity index (χ1n) is 8.49. The molecule has 0 spiro atoms. The van der Waals surface area contributed by atoms with Crippen LogP contribution in [0.3, 0.4) is 0 Å². The molecule has 7 heteroatoms. The molecule has 0 radical (unpaired) electrons. The molecule has 0 bridgehead atoms. The smallest absolute Gasteiger partial charge is 0.286 e. The van der Waals surface area contributed by atoms with Crippen LogP contribution in [-0.2, 0) is 24.1 Å². The summed E-state index contributed by atoms with van der Waals surface area (Å²) in [7, 11) is 0. The van der Waals surface area contributed by atoms with E-state index in [1.165, 1.54) is 0 Å². The van der Waals surface area contributed by atoms with E-state index in [4.69, 9.17) is 4.74 Å². The van der Waals surface area contributed by atoms with Crippen LogP contribution in [0.5, 0.6) is 5.75 Å². The summed E-state index contributed by atoms with van der Waals surface area (Å²) < 4.78 is 6.59. The summed E-state index contributed by atoms with van der Waals surface area (Å²) >= 11 is 1.03. The van der Waals surface area contributed by atoms with Crippen molar-refractivity contribution in [3.05, 3.63) is 64.6 Å². The highest BCUT2D eigenvalue weighted by Gasteiger charge is 2.31. The molecule has 0 aliphatic carbocycles. The summed E-state index contributed by atoms with van der Waals surface area (Å²) in [6, 6.07) is 11.2. The van der Waals surface area contributed by atoms with Gasteiger partial charge in [-0.2, -0.15) is 4.73 Å². The molecule has 3 rings (SSSR count). The Morgan fingerprint density at radius 1 is 1.15 bits per heavy atom. The highest BCUT2D eigenvalue weighted by atomic mass is 32.2. The van der Waals surface area contributed by atoms with Gasteiger partial charge in [0.05, 0.1) is 18.3 Å². The van der Waals surface area contributed by atoms with Gasteiger partial charge in [-0.05, 0) is 36.6 Å². The lowest BCUT2D eigenvalue weighted by Crippen LogP contribution is -2.32. The number of aryl methyl sites for hydroxylation is 1. The summed E-state index contributed by atoms with van der Waals surface area (Å²) in [6.45, 7) is 2.42. The molecule has 0 saturated carbocycles. The Bertz CT molecular complexity index is 808. The fraction of sp³-hybridized carbons (Fsp3) is 0.316. The van der Waals surface area contributed by atoms with Crippen molar-refractivity contribution >= 4 is 22.9 Å². The van der Waals surface area contributed by atoms with Crippen molar-refractivity contribution in [2.75, 3.05) is 6.61 Å². The summed E-state index contributed by atoms with van der Waals surface area (Å²) in [6.07, 6.45) is 3.46. The van der Waals surface area contributed by atoms with Crippen molar-refractivity contribution in [1.82, 2.24) is 5.32 Å². The van der Waals surface area contributed by atoms with E-state index < -0.39 is 0 Å². The van der Waals surface area contributed by atoms with Crippen LogP contribution in [0.1, 0.15) is 23.7 Å². The second kappa shape index (κ2) is 8.23. The maximum absolute atomic E-state index is 11.9. The fourth-order valence-electron chi connectivity index (χ4n) is 2.69. The number of rotatable bonds is 7. The quantitative estimate of drug-likeness (QED) is 0.596. The first-order chi connectivity index (χ1) is 12.5. The van der Waals surface area contributed by atoms with Crippen LogP contribution in [0.2, 0.25) is 0 Å². The van der Waals surface area contributed by atoms with Crippen molar-refractivity contribution in [3.63, 3.8) is 0 Å². The second-order valence-corrected chi connectivity index (χ2v) is 7.21. The third-order valence-electron chi connectivity index (χ3n) is 4.20. The topological polar surface area (TPSA) is 82.3 Å². The molecule has 1 atom stereocenters. The van der Waals surface area contributed by atoms with Crippen LogP contribution in [0.4, 0.5) is 4.79 Å². The van der Waals surface area contributed by atoms with Gasteiger partial charge in [0.15, 0.2) is 11.9 Å². The van der Waals surface area contributed by atoms with Crippen molar-refractivity contribution < 1.29 is 19.1 Å². The number of nitrogens with zero attached hydrogens (tertiary/aromatic N) is 1. The summed E-state index contributed by atoms with van der Waals surface area (Å²) in [4.78, 5) is 22.8. The molecule has 1 N–H and O–H groups in total.